The number of halogens is 1. The molecule has 98 valence electrons. The van der Waals surface area contributed by atoms with Gasteiger partial charge < -0.3 is 10.2 Å². The maximum atomic E-state index is 11.4. The number of hydrogen-bond donors (Lipinski definition) is 1. The van der Waals surface area contributed by atoms with Crippen molar-refractivity contribution in [2.75, 3.05) is 6.61 Å². The van der Waals surface area contributed by atoms with Crippen LogP contribution in [0.4, 0.5) is 0 Å². The number of carbonyl (C=O) groups is 1. The molecule has 0 aliphatic rings. The van der Waals surface area contributed by atoms with E-state index in [9.17, 15) is 4.79 Å². The van der Waals surface area contributed by atoms with Crippen LogP contribution in [0.25, 0.3) is 0 Å². The van der Waals surface area contributed by atoms with Crippen molar-refractivity contribution in [3.63, 3.8) is 0 Å². The third-order valence-corrected chi connectivity index (χ3v) is 2.11. The van der Waals surface area contributed by atoms with Gasteiger partial charge in [-0.25, -0.2) is 0 Å². The molecule has 0 aliphatic heterocycles. The average Bonchev–Trinajstić information content (AvgIpc) is 2.24. The normalized spacial score (nSPS) is 11.6. The van der Waals surface area contributed by atoms with Crippen molar-refractivity contribution in [1.29, 1.82) is 0 Å². The highest BCUT2D eigenvalue weighted by atomic mass is 35.5. The van der Waals surface area contributed by atoms with Crippen LogP contribution in [0.2, 0.25) is 5.02 Å². The van der Waals surface area contributed by atoms with Crippen LogP contribution < -0.4 is 5.32 Å². The summed E-state index contributed by atoms with van der Waals surface area (Å²) in [4.78, 5) is 16.3. The zero-order chi connectivity index (χ0) is 13.6. The number of benzene rings is 1. The van der Waals surface area contributed by atoms with Crippen molar-refractivity contribution in [2.24, 2.45) is 5.16 Å². The van der Waals surface area contributed by atoms with Gasteiger partial charge in [-0.2, -0.15) is 0 Å². The topological polar surface area (TPSA) is 50.7 Å². The Kier molecular flexibility index (Phi) is 5.16. The lowest BCUT2D eigenvalue weighted by Gasteiger charge is -2.19. The first-order valence-corrected chi connectivity index (χ1v) is 5.96. The minimum Gasteiger partial charge on any atom is -0.386 e. The summed E-state index contributed by atoms with van der Waals surface area (Å²) in [6.45, 7) is 5.62. The van der Waals surface area contributed by atoms with Crippen LogP contribution in [0, 0.1) is 0 Å². The third kappa shape index (κ3) is 6.25. The Morgan fingerprint density at radius 2 is 2.00 bits per heavy atom. The molecule has 0 saturated carbocycles. The second-order valence-corrected chi connectivity index (χ2v) is 5.29. The molecule has 0 radical (unpaired) electrons. The molecular formula is C13H17ClN2O2. The van der Waals surface area contributed by atoms with Crippen LogP contribution in [0.3, 0.4) is 0 Å². The number of carbonyl (C=O) groups excluding carboxylic acids is 1. The van der Waals surface area contributed by atoms with E-state index in [0.29, 0.717) is 5.02 Å². The van der Waals surface area contributed by atoms with E-state index in [1.54, 1.807) is 12.1 Å². The predicted molar refractivity (Wildman–Crippen MR) is 72.9 cm³/mol. The Morgan fingerprint density at radius 3 is 2.56 bits per heavy atom. The minimum atomic E-state index is -0.264. The molecule has 1 aromatic rings. The van der Waals surface area contributed by atoms with E-state index < -0.39 is 0 Å². The number of nitrogens with zero attached hydrogens (tertiary/aromatic N) is 1. The molecule has 0 spiro atoms. The van der Waals surface area contributed by atoms with E-state index in [0.717, 1.165) is 5.56 Å². The van der Waals surface area contributed by atoms with Gasteiger partial charge >= 0.3 is 0 Å². The van der Waals surface area contributed by atoms with Crippen molar-refractivity contribution in [2.45, 2.75) is 26.3 Å². The fourth-order valence-corrected chi connectivity index (χ4v) is 1.32. The summed E-state index contributed by atoms with van der Waals surface area (Å²) in [5.74, 6) is -0.198. The first kappa shape index (κ1) is 14.5. The quantitative estimate of drug-likeness (QED) is 0.674. The van der Waals surface area contributed by atoms with Crippen molar-refractivity contribution in [1.82, 2.24) is 5.32 Å². The zero-order valence-electron chi connectivity index (χ0n) is 10.7. The van der Waals surface area contributed by atoms with E-state index >= 15 is 0 Å². The highest BCUT2D eigenvalue weighted by molar-refractivity contribution is 6.30. The Balaban J connectivity index is 2.33. The molecule has 1 aromatic carbocycles. The maximum Gasteiger partial charge on any atom is 0.261 e. The lowest BCUT2D eigenvalue weighted by atomic mass is 10.1. The average molecular weight is 269 g/mol. The van der Waals surface area contributed by atoms with Crippen LogP contribution in [-0.4, -0.2) is 24.3 Å². The molecule has 0 aliphatic carbocycles. The SMILES string of the molecule is CC(C)(C)NC(=O)CO/N=C/c1ccc(Cl)cc1. The van der Waals surface area contributed by atoms with Crippen LogP contribution in [0.1, 0.15) is 26.3 Å². The molecular weight excluding hydrogens is 252 g/mol. The van der Waals surface area contributed by atoms with Crippen molar-refractivity contribution in [3.8, 4) is 0 Å². The standard InChI is InChI=1S/C13H17ClN2O2/c1-13(2,3)16-12(17)9-18-15-8-10-4-6-11(14)7-5-10/h4-8H,9H2,1-3H3,(H,16,17)/b15-8+. The third-order valence-electron chi connectivity index (χ3n) is 1.86. The molecule has 1 rings (SSSR count). The summed E-state index contributed by atoms with van der Waals surface area (Å²) in [6, 6.07) is 7.14. The monoisotopic (exact) mass is 268 g/mol. The van der Waals surface area contributed by atoms with Crippen LogP contribution >= 0.6 is 11.6 Å². The summed E-state index contributed by atoms with van der Waals surface area (Å²) >= 11 is 5.75. The van der Waals surface area contributed by atoms with Crippen LogP contribution in [0.15, 0.2) is 29.4 Å². The van der Waals surface area contributed by atoms with E-state index in [4.69, 9.17) is 16.4 Å². The first-order chi connectivity index (χ1) is 8.37. The number of oxime groups is 1. The predicted octanol–water partition coefficient (Wildman–Crippen LogP) is 2.61. The first-order valence-electron chi connectivity index (χ1n) is 5.59. The maximum absolute atomic E-state index is 11.4. The molecule has 0 bridgehead atoms. The molecule has 1 N–H and O–H groups in total. The minimum absolute atomic E-state index is 0.0959. The summed E-state index contributed by atoms with van der Waals surface area (Å²) in [5, 5.41) is 7.15. The number of rotatable bonds is 4. The molecule has 0 atom stereocenters. The highest BCUT2D eigenvalue weighted by Gasteiger charge is 2.13. The molecule has 5 heteroatoms. The Hall–Kier alpha value is -1.55. The van der Waals surface area contributed by atoms with E-state index in [-0.39, 0.29) is 18.1 Å². The van der Waals surface area contributed by atoms with Crippen molar-refractivity contribution < 1.29 is 9.63 Å². The zero-order valence-corrected chi connectivity index (χ0v) is 11.5. The molecule has 0 heterocycles. The number of nitrogens with one attached hydrogen (secondary N) is 1. The van der Waals surface area contributed by atoms with Gasteiger partial charge in [0.2, 0.25) is 0 Å². The second-order valence-electron chi connectivity index (χ2n) is 4.86. The van der Waals surface area contributed by atoms with E-state index in [2.05, 4.69) is 10.5 Å². The fraction of sp³-hybridized carbons (Fsp3) is 0.385. The van der Waals surface area contributed by atoms with Gasteiger partial charge in [-0.1, -0.05) is 28.9 Å². The van der Waals surface area contributed by atoms with Gasteiger partial charge in [-0.15, -0.1) is 0 Å². The van der Waals surface area contributed by atoms with Gasteiger partial charge in [0.25, 0.3) is 5.91 Å². The molecule has 0 fully saturated rings. The van der Waals surface area contributed by atoms with Crippen molar-refractivity contribution in [3.05, 3.63) is 34.9 Å². The Morgan fingerprint density at radius 1 is 1.39 bits per heavy atom. The molecule has 1 amide bonds. The Bertz CT molecular complexity index is 422. The molecule has 0 aromatic heterocycles. The Labute approximate surface area is 112 Å². The highest BCUT2D eigenvalue weighted by Crippen LogP contribution is 2.07. The van der Waals surface area contributed by atoms with Crippen molar-refractivity contribution >= 4 is 23.7 Å². The van der Waals surface area contributed by atoms with E-state index in [1.165, 1.54) is 6.21 Å². The van der Waals surface area contributed by atoms with Gasteiger partial charge in [0.1, 0.15) is 0 Å². The van der Waals surface area contributed by atoms with Gasteiger partial charge in [0.15, 0.2) is 6.61 Å². The van der Waals surface area contributed by atoms with Crippen LogP contribution in [0.5, 0.6) is 0 Å². The summed E-state index contributed by atoms with van der Waals surface area (Å²) in [7, 11) is 0. The van der Waals surface area contributed by atoms with Gasteiger partial charge in [-0.05, 0) is 38.5 Å². The number of amides is 1. The molecule has 0 saturated heterocycles. The molecule has 4 nitrogen and oxygen atoms in total. The van der Waals surface area contributed by atoms with E-state index in [1.807, 2.05) is 32.9 Å². The molecule has 0 unspecified atom stereocenters. The van der Waals surface area contributed by atoms with Crippen LogP contribution in [-0.2, 0) is 9.63 Å². The van der Waals surface area contributed by atoms with Gasteiger partial charge in [-0.3, -0.25) is 4.79 Å². The molecule has 18 heavy (non-hydrogen) atoms. The summed E-state index contributed by atoms with van der Waals surface area (Å²) in [6.07, 6.45) is 1.53. The van der Waals surface area contributed by atoms with Gasteiger partial charge in [0.05, 0.1) is 6.21 Å². The lowest BCUT2D eigenvalue weighted by Crippen LogP contribution is -2.42. The summed E-state index contributed by atoms with van der Waals surface area (Å²) < 4.78 is 0. The summed E-state index contributed by atoms with van der Waals surface area (Å²) in [5.41, 5.74) is 0.594. The second kappa shape index (κ2) is 6.40. The van der Waals surface area contributed by atoms with Gasteiger partial charge in [0, 0.05) is 10.6 Å². The number of hydrogen-bond acceptors (Lipinski definition) is 3. The fourth-order valence-electron chi connectivity index (χ4n) is 1.20. The lowest BCUT2D eigenvalue weighted by molar-refractivity contribution is -0.127. The largest absolute Gasteiger partial charge is 0.386 e. The smallest absolute Gasteiger partial charge is 0.261 e.